The van der Waals surface area contributed by atoms with Crippen molar-refractivity contribution in [3.8, 4) is 11.5 Å². The third kappa shape index (κ3) is 3.88. The number of phenolic OH excluding ortho intramolecular Hbond substituents is 1. The van der Waals surface area contributed by atoms with Crippen LogP contribution >= 0.6 is 15.9 Å². The van der Waals surface area contributed by atoms with Gasteiger partial charge in [0.25, 0.3) is 0 Å². The first-order valence-electron chi connectivity index (χ1n) is 6.75. The number of ether oxygens (including phenoxy) is 2. The molecule has 0 aliphatic heterocycles. The van der Waals surface area contributed by atoms with Gasteiger partial charge < -0.3 is 14.6 Å². The van der Waals surface area contributed by atoms with Gasteiger partial charge in [-0.1, -0.05) is 6.07 Å². The number of aromatic hydroxyl groups is 1. The van der Waals surface area contributed by atoms with Crippen LogP contribution in [0, 0.1) is 0 Å². The van der Waals surface area contributed by atoms with Crippen LogP contribution < -0.4 is 4.74 Å². The number of benzene rings is 2. The van der Waals surface area contributed by atoms with Crippen molar-refractivity contribution in [1.82, 2.24) is 0 Å². The van der Waals surface area contributed by atoms with Crippen LogP contribution in [-0.4, -0.2) is 33.7 Å². The van der Waals surface area contributed by atoms with Gasteiger partial charge in [0.05, 0.1) is 29.3 Å². The first-order valence-corrected chi connectivity index (χ1v) is 9.19. The summed E-state index contributed by atoms with van der Waals surface area (Å²) in [5.74, 6) is -0.818. The lowest BCUT2D eigenvalue weighted by molar-refractivity contribution is 0.0597. The Balaban J connectivity index is 2.31. The maximum absolute atomic E-state index is 12.5. The molecule has 6 nitrogen and oxygen atoms in total. The van der Waals surface area contributed by atoms with Crippen molar-refractivity contribution in [2.45, 2.75) is 10.6 Å². The topological polar surface area (TPSA) is 89.9 Å². The van der Waals surface area contributed by atoms with Crippen LogP contribution in [0.3, 0.4) is 0 Å². The van der Waals surface area contributed by atoms with Gasteiger partial charge in [-0.25, -0.2) is 13.2 Å². The van der Waals surface area contributed by atoms with E-state index in [4.69, 9.17) is 4.74 Å². The molecular formula is C16H15BrO6S. The van der Waals surface area contributed by atoms with Gasteiger partial charge in [-0.05, 0) is 51.8 Å². The second-order valence-corrected chi connectivity index (χ2v) is 7.74. The average Bonchev–Trinajstić information content (AvgIpc) is 2.53. The minimum Gasteiger partial charge on any atom is -0.507 e. The predicted molar refractivity (Wildman–Crippen MR) is 91.0 cm³/mol. The zero-order valence-electron chi connectivity index (χ0n) is 12.9. The first kappa shape index (κ1) is 18.3. The molecule has 0 aliphatic carbocycles. The standard InChI is InChI=1S/C16H15BrO6S/c1-22-15-6-4-11(8-13(15)17)24(20,21)9-10-3-5-12(14(18)7-10)16(19)23-2/h3-8,18H,9H2,1-2H3. The molecule has 0 bridgehead atoms. The molecule has 2 aromatic carbocycles. The summed E-state index contributed by atoms with van der Waals surface area (Å²) in [4.78, 5) is 11.5. The third-order valence-electron chi connectivity index (χ3n) is 3.31. The van der Waals surface area contributed by atoms with Crippen LogP contribution in [0.15, 0.2) is 45.8 Å². The highest BCUT2D eigenvalue weighted by Gasteiger charge is 2.19. The molecule has 8 heteroatoms. The lowest BCUT2D eigenvalue weighted by Gasteiger charge is -2.09. The van der Waals surface area contributed by atoms with Crippen LogP contribution in [0.4, 0.5) is 0 Å². The zero-order chi connectivity index (χ0) is 17.9. The fourth-order valence-electron chi connectivity index (χ4n) is 2.09. The monoisotopic (exact) mass is 414 g/mol. The number of hydrogen-bond acceptors (Lipinski definition) is 6. The number of sulfone groups is 1. The Hall–Kier alpha value is -2.06. The van der Waals surface area contributed by atoms with Gasteiger partial charge in [0.15, 0.2) is 9.84 Å². The molecule has 0 atom stereocenters. The smallest absolute Gasteiger partial charge is 0.341 e. The summed E-state index contributed by atoms with van der Waals surface area (Å²) in [6.45, 7) is 0. The second-order valence-electron chi connectivity index (χ2n) is 4.90. The quantitative estimate of drug-likeness (QED) is 0.756. The van der Waals surface area contributed by atoms with Gasteiger partial charge >= 0.3 is 5.97 Å². The van der Waals surface area contributed by atoms with E-state index in [1.54, 1.807) is 6.07 Å². The molecule has 2 rings (SSSR count). The van der Waals surface area contributed by atoms with Gasteiger partial charge in [-0.3, -0.25) is 0 Å². The van der Waals surface area contributed by atoms with Gasteiger partial charge in [-0.15, -0.1) is 0 Å². The molecule has 0 saturated heterocycles. The fourth-order valence-corrected chi connectivity index (χ4v) is 4.14. The lowest BCUT2D eigenvalue weighted by Crippen LogP contribution is -2.06. The zero-order valence-corrected chi connectivity index (χ0v) is 15.3. The molecule has 0 radical (unpaired) electrons. The predicted octanol–water partition coefficient (Wildman–Crippen LogP) is 2.92. The van der Waals surface area contributed by atoms with Crippen molar-refractivity contribution in [3.63, 3.8) is 0 Å². The van der Waals surface area contributed by atoms with E-state index in [0.717, 1.165) is 0 Å². The largest absolute Gasteiger partial charge is 0.507 e. The van der Waals surface area contributed by atoms with Crippen molar-refractivity contribution in [2.24, 2.45) is 0 Å². The highest BCUT2D eigenvalue weighted by Crippen LogP contribution is 2.29. The van der Waals surface area contributed by atoms with Crippen LogP contribution in [-0.2, 0) is 20.3 Å². The van der Waals surface area contributed by atoms with Gasteiger partial charge in [-0.2, -0.15) is 0 Å². The van der Waals surface area contributed by atoms with Gasteiger partial charge in [0.1, 0.15) is 17.1 Å². The van der Waals surface area contributed by atoms with E-state index in [0.29, 0.717) is 15.8 Å². The maximum atomic E-state index is 12.5. The van der Waals surface area contributed by atoms with Crippen molar-refractivity contribution >= 4 is 31.7 Å². The highest BCUT2D eigenvalue weighted by molar-refractivity contribution is 9.10. The molecule has 0 fully saturated rings. The molecule has 0 aromatic heterocycles. The number of carbonyl (C=O) groups is 1. The van der Waals surface area contributed by atoms with E-state index < -0.39 is 15.8 Å². The summed E-state index contributed by atoms with van der Waals surface area (Å²) in [5, 5.41) is 9.85. The maximum Gasteiger partial charge on any atom is 0.341 e. The van der Waals surface area contributed by atoms with Crippen molar-refractivity contribution in [2.75, 3.05) is 14.2 Å². The summed E-state index contributed by atoms with van der Waals surface area (Å²) < 4.78 is 35.1. The lowest BCUT2D eigenvalue weighted by atomic mass is 10.1. The Morgan fingerprint density at radius 2 is 1.88 bits per heavy atom. The highest BCUT2D eigenvalue weighted by atomic mass is 79.9. The van der Waals surface area contributed by atoms with E-state index in [9.17, 15) is 18.3 Å². The van der Waals surface area contributed by atoms with Crippen LogP contribution in [0.5, 0.6) is 11.5 Å². The van der Waals surface area contributed by atoms with E-state index in [1.165, 1.54) is 44.6 Å². The number of rotatable bonds is 5. The Kier molecular flexibility index (Phi) is 5.51. The van der Waals surface area contributed by atoms with E-state index >= 15 is 0 Å². The fraction of sp³-hybridized carbons (Fsp3) is 0.188. The van der Waals surface area contributed by atoms with Crippen molar-refractivity contribution in [3.05, 3.63) is 52.0 Å². The minimum atomic E-state index is -3.63. The molecule has 0 amide bonds. The number of hydrogen-bond donors (Lipinski definition) is 1. The average molecular weight is 415 g/mol. The summed E-state index contributed by atoms with van der Waals surface area (Å²) in [7, 11) is -0.947. The van der Waals surface area contributed by atoms with Crippen LogP contribution in [0.25, 0.3) is 0 Å². The van der Waals surface area contributed by atoms with E-state index in [1.807, 2.05) is 0 Å². The molecule has 2 aromatic rings. The molecule has 24 heavy (non-hydrogen) atoms. The molecule has 0 saturated carbocycles. The number of esters is 1. The number of methoxy groups -OCH3 is 2. The number of carbonyl (C=O) groups excluding carboxylic acids is 1. The Morgan fingerprint density at radius 1 is 1.17 bits per heavy atom. The summed E-state index contributed by atoms with van der Waals surface area (Å²) in [6.07, 6.45) is 0. The van der Waals surface area contributed by atoms with Crippen LogP contribution in [0.2, 0.25) is 0 Å². The Morgan fingerprint density at radius 3 is 2.42 bits per heavy atom. The SMILES string of the molecule is COC(=O)c1ccc(CS(=O)(=O)c2ccc(OC)c(Br)c2)cc1O. The Labute approximate surface area is 148 Å². The van der Waals surface area contributed by atoms with Crippen molar-refractivity contribution in [1.29, 1.82) is 0 Å². The number of phenols is 1. The molecule has 1 N–H and O–H groups in total. The Bertz CT molecular complexity index is 876. The van der Waals surface area contributed by atoms with E-state index in [2.05, 4.69) is 20.7 Å². The third-order valence-corrected chi connectivity index (χ3v) is 5.61. The summed E-state index contributed by atoms with van der Waals surface area (Å²) in [5.41, 5.74) is 0.331. The van der Waals surface area contributed by atoms with Gasteiger partial charge in [0.2, 0.25) is 0 Å². The minimum absolute atomic E-state index is 0.0224. The van der Waals surface area contributed by atoms with Crippen LogP contribution in [0.1, 0.15) is 15.9 Å². The molecule has 128 valence electrons. The second kappa shape index (κ2) is 7.23. The van der Waals surface area contributed by atoms with E-state index in [-0.39, 0.29) is 22.0 Å². The number of halogens is 1. The normalized spacial score (nSPS) is 11.1. The summed E-state index contributed by atoms with van der Waals surface area (Å²) in [6, 6.07) is 8.48. The molecule has 0 spiro atoms. The first-order chi connectivity index (χ1) is 11.3. The molecule has 0 aliphatic rings. The summed E-state index contributed by atoms with van der Waals surface area (Å²) >= 11 is 3.25. The molecule has 0 heterocycles. The molecule has 0 unspecified atom stereocenters. The molecular weight excluding hydrogens is 400 g/mol. The van der Waals surface area contributed by atoms with Crippen molar-refractivity contribution < 1.29 is 27.8 Å². The van der Waals surface area contributed by atoms with Gasteiger partial charge in [0, 0.05) is 0 Å².